The van der Waals surface area contributed by atoms with E-state index in [9.17, 15) is 4.79 Å². The van der Waals surface area contributed by atoms with Crippen LogP contribution in [0.2, 0.25) is 0 Å². The van der Waals surface area contributed by atoms with E-state index in [-0.39, 0.29) is 5.91 Å². The number of ether oxygens (including phenoxy) is 1. The number of carbonyl (C=O) groups excluding carboxylic acids is 1. The molecule has 0 radical (unpaired) electrons. The third-order valence-corrected chi connectivity index (χ3v) is 5.20. The Labute approximate surface area is 159 Å². The van der Waals surface area contributed by atoms with Gasteiger partial charge in [0.25, 0.3) is 5.91 Å². The summed E-state index contributed by atoms with van der Waals surface area (Å²) < 4.78 is 5.27. The van der Waals surface area contributed by atoms with Crippen LogP contribution in [0.5, 0.6) is 5.75 Å². The number of para-hydroxylation sites is 1. The minimum atomic E-state index is 0.0304. The Kier molecular flexibility index (Phi) is 4.44. The van der Waals surface area contributed by atoms with Crippen molar-refractivity contribution < 1.29 is 9.53 Å². The molecule has 1 aliphatic rings. The summed E-state index contributed by atoms with van der Waals surface area (Å²) in [7, 11) is 3.71. The summed E-state index contributed by atoms with van der Waals surface area (Å²) in [5.74, 6) is 0.795. The van der Waals surface area contributed by atoms with Crippen LogP contribution >= 0.6 is 0 Å². The highest BCUT2D eigenvalue weighted by atomic mass is 16.5. The van der Waals surface area contributed by atoms with Gasteiger partial charge in [0.2, 0.25) is 0 Å². The highest BCUT2D eigenvalue weighted by Gasteiger charge is 2.24. The molecule has 0 N–H and O–H groups in total. The van der Waals surface area contributed by atoms with Crippen LogP contribution in [0.25, 0.3) is 10.9 Å². The van der Waals surface area contributed by atoms with Crippen molar-refractivity contribution in [3.63, 3.8) is 0 Å². The van der Waals surface area contributed by atoms with E-state index in [4.69, 9.17) is 4.74 Å². The van der Waals surface area contributed by atoms with Crippen molar-refractivity contribution in [2.75, 3.05) is 32.1 Å². The van der Waals surface area contributed by atoms with Gasteiger partial charge in [-0.25, -0.2) is 0 Å². The first-order valence-electron chi connectivity index (χ1n) is 9.10. The quantitative estimate of drug-likeness (QED) is 0.699. The molecular weight excluding hydrogens is 338 g/mol. The molecule has 3 aromatic rings. The maximum absolute atomic E-state index is 13.3. The summed E-state index contributed by atoms with van der Waals surface area (Å²) >= 11 is 0. The maximum Gasteiger partial charge on any atom is 0.256 e. The maximum atomic E-state index is 13.3. The Hall–Kier alpha value is -3.08. The molecule has 27 heavy (non-hydrogen) atoms. The Morgan fingerprint density at radius 3 is 2.74 bits per heavy atom. The van der Waals surface area contributed by atoms with Gasteiger partial charge in [0, 0.05) is 43.8 Å². The van der Waals surface area contributed by atoms with Crippen molar-refractivity contribution in [2.24, 2.45) is 0 Å². The van der Waals surface area contributed by atoms with E-state index < -0.39 is 0 Å². The fraction of sp³-hybridized carbons (Fsp3) is 0.273. The number of carbonyl (C=O) groups is 1. The number of hydrogen-bond donors (Lipinski definition) is 0. The number of fused-ring (bicyclic) bond motifs is 2. The van der Waals surface area contributed by atoms with Crippen molar-refractivity contribution in [3.05, 3.63) is 65.4 Å². The van der Waals surface area contributed by atoms with Gasteiger partial charge in [-0.15, -0.1) is 0 Å². The lowest BCUT2D eigenvalue weighted by Crippen LogP contribution is -2.34. The summed E-state index contributed by atoms with van der Waals surface area (Å²) in [6, 6.07) is 15.9. The number of anilines is 1. The van der Waals surface area contributed by atoms with E-state index in [1.807, 2.05) is 48.2 Å². The van der Waals surface area contributed by atoms with Crippen LogP contribution in [0.3, 0.4) is 0 Å². The monoisotopic (exact) mass is 361 g/mol. The Balaban J connectivity index is 1.69. The molecule has 0 atom stereocenters. The lowest BCUT2D eigenvalue weighted by Gasteiger charge is -2.22. The smallest absolute Gasteiger partial charge is 0.256 e. The normalized spacial score (nSPS) is 14.0. The minimum Gasteiger partial charge on any atom is -0.497 e. The van der Waals surface area contributed by atoms with Crippen LogP contribution in [-0.4, -0.2) is 43.0 Å². The SMILES string of the molecule is COc1ccc2cc(C(=O)N3CCN(C)c4ccccc4C3)c(C)nc2c1. The Morgan fingerprint density at radius 2 is 1.93 bits per heavy atom. The summed E-state index contributed by atoms with van der Waals surface area (Å²) in [5, 5.41) is 0.942. The summed E-state index contributed by atoms with van der Waals surface area (Å²) in [4.78, 5) is 22.1. The Morgan fingerprint density at radius 1 is 1.11 bits per heavy atom. The van der Waals surface area contributed by atoms with Gasteiger partial charge in [0.15, 0.2) is 0 Å². The minimum absolute atomic E-state index is 0.0304. The molecule has 0 unspecified atom stereocenters. The Bertz CT molecular complexity index is 1020. The highest BCUT2D eigenvalue weighted by Crippen LogP contribution is 2.26. The molecule has 2 aromatic carbocycles. The number of aryl methyl sites for hydroxylation is 1. The highest BCUT2D eigenvalue weighted by molar-refractivity contribution is 5.99. The molecule has 0 aliphatic carbocycles. The zero-order chi connectivity index (χ0) is 19.0. The molecule has 0 fully saturated rings. The predicted molar refractivity (Wildman–Crippen MR) is 107 cm³/mol. The molecule has 1 amide bonds. The number of likely N-dealkylation sites (N-methyl/N-ethyl adjacent to an activating group) is 1. The number of nitrogens with zero attached hydrogens (tertiary/aromatic N) is 3. The van der Waals surface area contributed by atoms with Crippen LogP contribution in [0.1, 0.15) is 21.6 Å². The summed E-state index contributed by atoms with van der Waals surface area (Å²) in [6.07, 6.45) is 0. The predicted octanol–water partition coefficient (Wildman–Crippen LogP) is 3.64. The van der Waals surface area contributed by atoms with Gasteiger partial charge in [0.1, 0.15) is 5.75 Å². The number of methoxy groups -OCH3 is 1. The van der Waals surface area contributed by atoms with Crippen molar-refractivity contribution in [1.29, 1.82) is 0 Å². The molecule has 0 saturated carbocycles. The number of amides is 1. The van der Waals surface area contributed by atoms with Crippen LogP contribution in [0.4, 0.5) is 5.69 Å². The van der Waals surface area contributed by atoms with Gasteiger partial charge in [-0.3, -0.25) is 9.78 Å². The van der Waals surface area contributed by atoms with Crippen LogP contribution < -0.4 is 9.64 Å². The van der Waals surface area contributed by atoms with Gasteiger partial charge < -0.3 is 14.5 Å². The summed E-state index contributed by atoms with van der Waals surface area (Å²) in [5.41, 5.74) is 4.60. The fourth-order valence-corrected chi connectivity index (χ4v) is 3.62. The first-order valence-corrected chi connectivity index (χ1v) is 9.10. The van der Waals surface area contributed by atoms with Crippen molar-refractivity contribution >= 4 is 22.5 Å². The van der Waals surface area contributed by atoms with Crippen LogP contribution in [0, 0.1) is 6.92 Å². The average molecular weight is 361 g/mol. The molecule has 0 spiro atoms. The molecule has 2 heterocycles. The third-order valence-electron chi connectivity index (χ3n) is 5.20. The third kappa shape index (κ3) is 3.21. The van der Waals surface area contributed by atoms with Gasteiger partial charge in [0.05, 0.1) is 23.9 Å². The molecule has 4 rings (SSSR count). The van der Waals surface area contributed by atoms with E-state index in [0.29, 0.717) is 18.7 Å². The van der Waals surface area contributed by atoms with E-state index in [1.165, 1.54) is 11.3 Å². The van der Waals surface area contributed by atoms with Crippen LogP contribution in [0.15, 0.2) is 48.5 Å². The number of hydrogen-bond acceptors (Lipinski definition) is 4. The second-order valence-electron chi connectivity index (χ2n) is 6.96. The molecule has 1 aliphatic heterocycles. The molecule has 5 nitrogen and oxygen atoms in total. The fourth-order valence-electron chi connectivity index (χ4n) is 3.62. The zero-order valence-corrected chi connectivity index (χ0v) is 15.9. The second kappa shape index (κ2) is 6.91. The van der Waals surface area contributed by atoms with Gasteiger partial charge in [-0.2, -0.15) is 0 Å². The van der Waals surface area contributed by atoms with E-state index in [0.717, 1.165) is 28.9 Å². The lowest BCUT2D eigenvalue weighted by atomic mass is 10.1. The zero-order valence-electron chi connectivity index (χ0n) is 15.9. The topological polar surface area (TPSA) is 45.7 Å². The average Bonchev–Trinajstić information content (AvgIpc) is 2.86. The molecular formula is C22H23N3O2. The number of benzene rings is 2. The van der Waals surface area contributed by atoms with Crippen LogP contribution in [-0.2, 0) is 6.54 Å². The van der Waals surface area contributed by atoms with E-state index >= 15 is 0 Å². The largest absolute Gasteiger partial charge is 0.497 e. The van der Waals surface area contributed by atoms with Gasteiger partial charge in [-0.05, 0) is 36.8 Å². The molecule has 0 bridgehead atoms. The first-order chi connectivity index (χ1) is 13.1. The van der Waals surface area contributed by atoms with E-state index in [2.05, 4.69) is 29.1 Å². The lowest BCUT2D eigenvalue weighted by molar-refractivity contribution is 0.0750. The van der Waals surface area contributed by atoms with E-state index in [1.54, 1.807) is 7.11 Å². The molecule has 138 valence electrons. The van der Waals surface area contributed by atoms with Crippen molar-refractivity contribution in [2.45, 2.75) is 13.5 Å². The number of rotatable bonds is 2. The first kappa shape index (κ1) is 17.3. The number of pyridine rings is 1. The van der Waals surface area contributed by atoms with Gasteiger partial charge in [-0.1, -0.05) is 18.2 Å². The standard InChI is InChI=1S/C22H23N3O2/c1-15-19(12-16-8-9-18(27-3)13-20(16)23-15)22(26)25-11-10-24(2)21-7-5-4-6-17(21)14-25/h4-9,12-13H,10-11,14H2,1-3H3. The number of aromatic nitrogens is 1. The summed E-state index contributed by atoms with van der Waals surface area (Å²) in [6.45, 7) is 3.99. The van der Waals surface area contributed by atoms with Gasteiger partial charge >= 0.3 is 0 Å². The van der Waals surface area contributed by atoms with Crippen molar-refractivity contribution in [1.82, 2.24) is 9.88 Å². The molecule has 1 aromatic heterocycles. The molecule has 5 heteroatoms. The molecule has 0 saturated heterocycles. The second-order valence-corrected chi connectivity index (χ2v) is 6.96. The van der Waals surface area contributed by atoms with Crippen molar-refractivity contribution in [3.8, 4) is 5.75 Å².